The smallest absolute Gasteiger partial charge is 0.411 e. The van der Waals surface area contributed by atoms with E-state index in [1.165, 1.54) is 0 Å². The van der Waals surface area contributed by atoms with Gasteiger partial charge in [0.1, 0.15) is 12.8 Å². The number of hydrogen-bond donors (Lipinski definition) is 0. The van der Waals surface area contributed by atoms with Gasteiger partial charge in [-0.05, 0) is 31.9 Å². The Hall–Kier alpha value is -2.86. The summed E-state index contributed by atoms with van der Waals surface area (Å²) >= 11 is 0. The van der Waals surface area contributed by atoms with Gasteiger partial charge < -0.3 is 14.4 Å². The molecule has 29 heavy (non-hydrogen) atoms. The molecule has 6 nitrogen and oxygen atoms in total. The Labute approximate surface area is 171 Å². The van der Waals surface area contributed by atoms with Crippen LogP contribution in [0.5, 0.6) is 0 Å². The number of fused-ring (bicyclic) bond motifs is 1. The molecule has 2 atom stereocenters. The Kier molecular flexibility index (Phi) is 4.82. The average Bonchev–Trinajstić information content (AvgIpc) is 3.01. The van der Waals surface area contributed by atoms with Crippen molar-refractivity contribution in [3.8, 4) is 0 Å². The molecular weight excluding hydrogens is 368 g/mol. The second-order valence-corrected chi connectivity index (χ2v) is 8.41. The molecule has 2 saturated heterocycles. The molecule has 0 spiro atoms. The largest absolute Gasteiger partial charge is 0.444 e. The summed E-state index contributed by atoms with van der Waals surface area (Å²) in [7, 11) is 0. The SMILES string of the molecule is CC1(C)CN(C(=O)OCc2ccccc2)[C@H]2N1C(=O)[C@]2(C)OCc1ccccc1. The maximum Gasteiger partial charge on any atom is 0.411 e. The summed E-state index contributed by atoms with van der Waals surface area (Å²) in [5.74, 6) is -0.0956. The molecular formula is C23H26N2O4. The molecule has 152 valence electrons. The van der Waals surface area contributed by atoms with Gasteiger partial charge in [-0.2, -0.15) is 0 Å². The fraction of sp³-hybridized carbons (Fsp3) is 0.391. The molecule has 4 rings (SSSR count). The van der Waals surface area contributed by atoms with Gasteiger partial charge in [0.25, 0.3) is 5.91 Å². The van der Waals surface area contributed by atoms with Crippen molar-refractivity contribution in [3.05, 3.63) is 71.8 Å². The second kappa shape index (κ2) is 7.19. The van der Waals surface area contributed by atoms with E-state index in [1.54, 1.807) is 16.7 Å². The molecule has 2 amide bonds. The Balaban J connectivity index is 1.49. The topological polar surface area (TPSA) is 59.1 Å². The lowest BCUT2D eigenvalue weighted by molar-refractivity contribution is -0.217. The van der Waals surface area contributed by atoms with Gasteiger partial charge in [0.2, 0.25) is 0 Å². The van der Waals surface area contributed by atoms with E-state index in [2.05, 4.69) is 0 Å². The Morgan fingerprint density at radius 3 is 2.10 bits per heavy atom. The first-order chi connectivity index (χ1) is 13.8. The number of benzene rings is 2. The Morgan fingerprint density at radius 2 is 1.52 bits per heavy atom. The van der Waals surface area contributed by atoms with Crippen LogP contribution >= 0.6 is 0 Å². The molecule has 0 saturated carbocycles. The molecule has 2 aliphatic heterocycles. The molecule has 2 aliphatic rings. The molecule has 0 unspecified atom stereocenters. The normalized spacial score (nSPS) is 24.8. The van der Waals surface area contributed by atoms with Crippen LogP contribution in [-0.4, -0.2) is 45.7 Å². The van der Waals surface area contributed by atoms with Gasteiger partial charge in [-0.15, -0.1) is 0 Å². The first-order valence-corrected chi connectivity index (χ1v) is 9.82. The number of amides is 2. The molecule has 0 N–H and O–H groups in total. The van der Waals surface area contributed by atoms with E-state index in [0.29, 0.717) is 13.2 Å². The van der Waals surface area contributed by atoms with E-state index in [4.69, 9.17) is 9.47 Å². The van der Waals surface area contributed by atoms with Crippen molar-refractivity contribution in [1.29, 1.82) is 0 Å². The number of β-lactam (4-membered cyclic amide) rings is 1. The molecule has 0 bridgehead atoms. The van der Waals surface area contributed by atoms with Crippen molar-refractivity contribution in [2.45, 2.75) is 51.3 Å². The van der Waals surface area contributed by atoms with Gasteiger partial charge in [0, 0.05) is 6.54 Å². The summed E-state index contributed by atoms with van der Waals surface area (Å²) in [6.07, 6.45) is -0.909. The highest BCUT2D eigenvalue weighted by atomic mass is 16.6. The average molecular weight is 394 g/mol. The van der Waals surface area contributed by atoms with Crippen LogP contribution in [0.4, 0.5) is 4.79 Å². The first kappa shape index (κ1) is 19.5. The van der Waals surface area contributed by atoms with Crippen LogP contribution in [0.1, 0.15) is 31.9 Å². The highest BCUT2D eigenvalue weighted by Gasteiger charge is 2.70. The lowest BCUT2D eigenvalue weighted by atomic mass is 9.87. The van der Waals surface area contributed by atoms with Crippen LogP contribution in [0.2, 0.25) is 0 Å². The second-order valence-electron chi connectivity index (χ2n) is 8.41. The number of carbonyl (C=O) groups excluding carboxylic acids is 2. The van der Waals surface area contributed by atoms with Gasteiger partial charge in [0.05, 0.1) is 12.1 Å². The lowest BCUT2D eigenvalue weighted by Gasteiger charge is -2.54. The molecule has 2 heterocycles. The van der Waals surface area contributed by atoms with Gasteiger partial charge >= 0.3 is 6.09 Å². The minimum absolute atomic E-state index is 0.0956. The van der Waals surface area contributed by atoms with E-state index >= 15 is 0 Å². The van der Waals surface area contributed by atoms with Crippen molar-refractivity contribution >= 4 is 12.0 Å². The van der Waals surface area contributed by atoms with E-state index in [1.807, 2.05) is 74.5 Å². The maximum atomic E-state index is 13.0. The van der Waals surface area contributed by atoms with Gasteiger partial charge in [-0.25, -0.2) is 4.79 Å². The Bertz CT molecular complexity index is 900. The predicted octanol–water partition coefficient (Wildman–Crippen LogP) is 3.56. The zero-order valence-corrected chi connectivity index (χ0v) is 17.0. The zero-order chi connectivity index (χ0) is 20.6. The van der Waals surface area contributed by atoms with E-state index in [-0.39, 0.29) is 12.5 Å². The third-order valence-corrected chi connectivity index (χ3v) is 5.71. The minimum Gasteiger partial charge on any atom is -0.444 e. The molecule has 2 aromatic rings. The van der Waals surface area contributed by atoms with Crippen molar-refractivity contribution in [2.24, 2.45) is 0 Å². The van der Waals surface area contributed by atoms with Crippen LogP contribution in [0.3, 0.4) is 0 Å². The number of rotatable bonds is 5. The number of nitrogens with zero attached hydrogens (tertiary/aromatic N) is 2. The summed E-state index contributed by atoms with van der Waals surface area (Å²) in [4.78, 5) is 29.2. The quantitative estimate of drug-likeness (QED) is 0.728. The molecule has 0 aromatic heterocycles. The molecule has 2 aromatic carbocycles. The Morgan fingerprint density at radius 1 is 0.966 bits per heavy atom. The van der Waals surface area contributed by atoms with Crippen LogP contribution in [-0.2, 0) is 27.5 Å². The van der Waals surface area contributed by atoms with Crippen molar-refractivity contribution in [1.82, 2.24) is 9.80 Å². The fourth-order valence-electron chi connectivity index (χ4n) is 4.17. The van der Waals surface area contributed by atoms with Crippen LogP contribution in [0.25, 0.3) is 0 Å². The van der Waals surface area contributed by atoms with Crippen molar-refractivity contribution < 1.29 is 19.1 Å². The summed E-state index contributed by atoms with van der Waals surface area (Å²) in [5, 5.41) is 0. The molecule has 0 radical (unpaired) electrons. The third-order valence-electron chi connectivity index (χ3n) is 5.71. The lowest BCUT2D eigenvalue weighted by Crippen LogP contribution is -2.77. The highest BCUT2D eigenvalue weighted by Crippen LogP contribution is 2.47. The number of carbonyl (C=O) groups is 2. The maximum absolute atomic E-state index is 13.0. The molecule has 2 fully saturated rings. The first-order valence-electron chi connectivity index (χ1n) is 9.82. The van der Waals surface area contributed by atoms with Crippen LogP contribution in [0, 0.1) is 0 Å². The molecule has 6 heteroatoms. The standard InChI is InChI=1S/C23H26N2O4/c1-22(2)16-24(21(27)28-14-17-10-6-4-7-11-17)19-23(3,20(26)25(19)22)29-15-18-12-8-5-9-13-18/h4-13,19H,14-16H2,1-3H3/t19-,23+/m0/s1. The van der Waals surface area contributed by atoms with Crippen LogP contribution < -0.4 is 0 Å². The minimum atomic E-state index is -1.09. The van der Waals surface area contributed by atoms with Crippen molar-refractivity contribution in [3.63, 3.8) is 0 Å². The third kappa shape index (κ3) is 3.38. The predicted molar refractivity (Wildman–Crippen MR) is 108 cm³/mol. The monoisotopic (exact) mass is 394 g/mol. The van der Waals surface area contributed by atoms with E-state index in [0.717, 1.165) is 11.1 Å². The molecule has 0 aliphatic carbocycles. The fourth-order valence-corrected chi connectivity index (χ4v) is 4.17. The number of hydrogen-bond acceptors (Lipinski definition) is 4. The highest BCUT2D eigenvalue weighted by molar-refractivity contribution is 5.95. The van der Waals surface area contributed by atoms with Gasteiger partial charge in [-0.3, -0.25) is 9.69 Å². The summed E-state index contributed by atoms with van der Waals surface area (Å²) in [6, 6.07) is 19.3. The zero-order valence-electron chi connectivity index (χ0n) is 17.0. The van der Waals surface area contributed by atoms with Crippen molar-refractivity contribution in [2.75, 3.05) is 6.54 Å². The van der Waals surface area contributed by atoms with Gasteiger partial charge in [-0.1, -0.05) is 60.7 Å². The van der Waals surface area contributed by atoms with E-state index < -0.39 is 23.4 Å². The van der Waals surface area contributed by atoms with Gasteiger partial charge in [0.15, 0.2) is 5.60 Å². The number of ether oxygens (including phenoxy) is 2. The van der Waals surface area contributed by atoms with E-state index in [9.17, 15) is 9.59 Å². The summed E-state index contributed by atoms with van der Waals surface area (Å²) in [5.41, 5.74) is 0.345. The summed E-state index contributed by atoms with van der Waals surface area (Å²) in [6.45, 7) is 6.58. The summed E-state index contributed by atoms with van der Waals surface area (Å²) < 4.78 is 11.6. The van der Waals surface area contributed by atoms with Crippen LogP contribution in [0.15, 0.2) is 60.7 Å².